The molecule has 0 atom stereocenters. The maximum absolute atomic E-state index is 12.6. The maximum atomic E-state index is 12.6. The van der Waals surface area contributed by atoms with Crippen LogP contribution in [0.15, 0.2) is 59.7 Å². The summed E-state index contributed by atoms with van der Waals surface area (Å²) in [6.07, 6.45) is 1.37. The summed E-state index contributed by atoms with van der Waals surface area (Å²) in [6, 6.07) is 14.3. The quantitative estimate of drug-likeness (QED) is 0.138. The number of rotatable bonds is 13. The van der Waals surface area contributed by atoms with Gasteiger partial charge in [-0.2, -0.15) is 5.10 Å². The minimum absolute atomic E-state index is 0.210. The van der Waals surface area contributed by atoms with Crippen molar-refractivity contribution >= 4 is 24.0 Å². The van der Waals surface area contributed by atoms with Crippen molar-refractivity contribution in [1.82, 2.24) is 10.7 Å². The highest BCUT2D eigenvalue weighted by atomic mass is 16.6. The third kappa shape index (κ3) is 8.12. The number of carbonyl (C=O) groups is 3. The molecule has 0 saturated heterocycles. The number of hydrazone groups is 1. The molecule has 216 valence electrons. The van der Waals surface area contributed by atoms with Crippen molar-refractivity contribution in [3.63, 3.8) is 0 Å². The van der Waals surface area contributed by atoms with Crippen molar-refractivity contribution in [1.29, 1.82) is 0 Å². The topological polar surface area (TPSA) is 143 Å². The summed E-state index contributed by atoms with van der Waals surface area (Å²) in [5, 5.41) is 6.40. The molecule has 2 N–H and O–H groups in total. The van der Waals surface area contributed by atoms with Crippen LogP contribution in [-0.2, 0) is 4.79 Å². The monoisotopic (exact) mass is 565 g/mol. The summed E-state index contributed by atoms with van der Waals surface area (Å²) in [5.41, 5.74) is 3.45. The molecule has 2 amide bonds. The second kappa shape index (κ2) is 14.8. The molecule has 3 aromatic rings. The molecule has 0 aliphatic heterocycles. The maximum Gasteiger partial charge on any atom is 0.343 e. The molecule has 41 heavy (non-hydrogen) atoms. The number of hydrogen-bond donors (Lipinski definition) is 2. The van der Waals surface area contributed by atoms with Crippen LogP contribution in [0.1, 0.15) is 33.2 Å². The molecule has 12 heteroatoms. The van der Waals surface area contributed by atoms with Gasteiger partial charge in [0.2, 0.25) is 5.75 Å². The molecule has 0 aliphatic rings. The van der Waals surface area contributed by atoms with Gasteiger partial charge >= 0.3 is 5.97 Å². The van der Waals surface area contributed by atoms with Crippen LogP contribution < -0.4 is 39.2 Å². The van der Waals surface area contributed by atoms with E-state index in [0.29, 0.717) is 40.7 Å². The first-order valence-electron chi connectivity index (χ1n) is 12.4. The van der Waals surface area contributed by atoms with Crippen molar-refractivity contribution < 1.29 is 42.8 Å². The highest BCUT2D eigenvalue weighted by Gasteiger charge is 2.17. The molecule has 3 aromatic carbocycles. The van der Waals surface area contributed by atoms with Crippen LogP contribution in [0.25, 0.3) is 0 Å². The normalized spacial score (nSPS) is 10.5. The SMILES string of the molecule is CCOc1ccc(C(=O)Oc2ccc(/C=N\NC(=O)CNC(=O)c3cc(OC)c(OC)c(OC)c3)cc2OC)cc1. The molecule has 0 bridgehead atoms. The summed E-state index contributed by atoms with van der Waals surface area (Å²) >= 11 is 0. The van der Waals surface area contributed by atoms with Crippen molar-refractivity contribution in [2.45, 2.75) is 6.92 Å². The van der Waals surface area contributed by atoms with Crippen molar-refractivity contribution in [3.8, 4) is 34.5 Å². The number of nitrogens with one attached hydrogen (secondary N) is 2. The Bertz CT molecular complexity index is 1380. The van der Waals surface area contributed by atoms with Gasteiger partial charge in [0.1, 0.15) is 5.75 Å². The Labute approximate surface area is 237 Å². The zero-order valence-corrected chi connectivity index (χ0v) is 23.3. The van der Waals surface area contributed by atoms with Gasteiger partial charge in [-0.1, -0.05) is 0 Å². The molecule has 0 radical (unpaired) electrons. The number of amides is 2. The summed E-state index contributed by atoms with van der Waals surface area (Å²) in [6.45, 7) is 2.06. The standard InChI is InChI=1S/C29H31N3O9/c1-6-40-21-10-8-19(9-11-21)29(35)41-22-12-7-18(13-23(22)36-2)16-31-32-26(33)17-30-28(34)20-14-24(37-3)27(39-5)25(15-20)38-4/h7-16H,6,17H2,1-5H3,(H,30,34)(H,32,33)/b31-16-. The fraction of sp³-hybridized carbons (Fsp3) is 0.241. The van der Waals surface area contributed by atoms with Crippen molar-refractivity contribution in [2.24, 2.45) is 5.10 Å². The third-order valence-corrected chi connectivity index (χ3v) is 5.53. The predicted octanol–water partition coefficient (Wildman–Crippen LogP) is 3.22. The second-order valence-corrected chi connectivity index (χ2v) is 8.15. The Morgan fingerprint density at radius 2 is 1.44 bits per heavy atom. The number of esters is 1. The third-order valence-electron chi connectivity index (χ3n) is 5.53. The van der Waals surface area contributed by atoms with Gasteiger partial charge in [0.15, 0.2) is 23.0 Å². The zero-order valence-electron chi connectivity index (χ0n) is 23.3. The minimum atomic E-state index is -0.561. The van der Waals surface area contributed by atoms with Crippen molar-refractivity contribution in [2.75, 3.05) is 41.6 Å². The lowest BCUT2D eigenvalue weighted by Crippen LogP contribution is -2.34. The molecule has 0 saturated carbocycles. The first-order valence-corrected chi connectivity index (χ1v) is 12.4. The summed E-state index contributed by atoms with van der Waals surface area (Å²) in [4.78, 5) is 37.3. The van der Waals surface area contributed by atoms with Gasteiger partial charge in [-0.25, -0.2) is 10.2 Å². The van der Waals surface area contributed by atoms with E-state index in [0.717, 1.165) is 0 Å². The van der Waals surface area contributed by atoms with Gasteiger partial charge in [-0.15, -0.1) is 0 Å². The van der Waals surface area contributed by atoms with Gasteiger partial charge in [-0.3, -0.25) is 9.59 Å². The van der Waals surface area contributed by atoms with Crippen LogP contribution in [0.3, 0.4) is 0 Å². The molecule has 12 nitrogen and oxygen atoms in total. The smallest absolute Gasteiger partial charge is 0.343 e. The number of nitrogens with zero attached hydrogens (tertiary/aromatic N) is 1. The molecule has 0 spiro atoms. The number of methoxy groups -OCH3 is 4. The number of ether oxygens (including phenoxy) is 6. The van der Waals surface area contributed by atoms with E-state index < -0.39 is 17.8 Å². The molecule has 0 aromatic heterocycles. The fourth-order valence-corrected chi connectivity index (χ4v) is 3.55. The van der Waals surface area contributed by atoms with E-state index >= 15 is 0 Å². The summed E-state index contributed by atoms with van der Waals surface area (Å²) in [5.74, 6) is 0.454. The largest absolute Gasteiger partial charge is 0.494 e. The highest BCUT2D eigenvalue weighted by Crippen LogP contribution is 2.38. The summed E-state index contributed by atoms with van der Waals surface area (Å²) in [7, 11) is 5.75. The lowest BCUT2D eigenvalue weighted by molar-refractivity contribution is -0.120. The van der Waals surface area contributed by atoms with E-state index in [4.69, 9.17) is 28.4 Å². The lowest BCUT2D eigenvalue weighted by Gasteiger charge is -2.14. The average molecular weight is 566 g/mol. The van der Waals surface area contributed by atoms with Gasteiger partial charge in [-0.05, 0) is 67.1 Å². The van der Waals surface area contributed by atoms with E-state index in [9.17, 15) is 14.4 Å². The number of benzene rings is 3. The average Bonchev–Trinajstić information content (AvgIpc) is 3.00. The molecule has 0 aliphatic carbocycles. The van der Waals surface area contributed by atoms with Crippen LogP contribution in [0, 0.1) is 0 Å². The number of carbonyl (C=O) groups excluding carboxylic acids is 3. The number of hydrogen-bond acceptors (Lipinski definition) is 10. The van der Waals surface area contributed by atoms with E-state index in [1.54, 1.807) is 42.5 Å². The van der Waals surface area contributed by atoms with Crippen molar-refractivity contribution in [3.05, 3.63) is 71.3 Å². The summed E-state index contributed by atoms with van der Waals surface area (Å²) < 4.78 is 31.9. The Kier molecular flexibility index (Phi) is 10.9. The highest BCUT2D eigenvalue weighted by molar-refractivity contribution is 5.97. The molecule has 0 heterocycles. The second-order valence-electron chi connectivity index (χ2n) is 8.15. The van der Waals surface area contributed by atoms with Gasteiger partial charge in [0.05, 0.1) is 53.4 Å². The van der Waals surface area contributed by atoms with E-state index in [2.05, 4.69) is 15.8 Å². The van der Waals surface area contributed by atoms with Crippen LogP contribution in [0.2, 0.25) is 0 Å². The first kappa shape index (κ1) is 30.3. The van der Waals surface area contributed by atoms with Gasteiger partial charge in [0.25, 0.3) is 11.8 Å². The lowest BCUT2D eigenvalue weighted by atomic mass is 10.1. The Morgan fingerprint density at radius 3 is 2.02 bits per heavy atom. The molecular weight excluding hydrogens is 534 g/mol. The van der Waals surface area contributed by atoms with E-state index in [1.807, 2.05) is 6.92 Å². The van der Waals surface area contributed by atoms with E-state index in [1.165, 1.54) is 46.8 Å². The Balaban J connectivity index is 1.56. The zero-order chi connectivity index (χ0) is 29.8. The van der Waals surface area contributed by atoms with Gasteiger partial charge < -0.3 is 33.7 Å². The first-order chi connectivity index (χ1) is 19.8. The van der Waals surface area contributed by atoms with Crippen LogP contribution in [0.4, 0.5) is 0 Å². The Morgan fingerprint density at radius 1 is 0.780 bits per heavy atom. The molecule has 0 fully saturated rings. The minimum Gasteiger partial charge on any atom is -0.494 e. The Hall–Kier alpha value is -5.26. The molecule has 0 unspecified atom stereocenters. The molecule has 3 rings (SSSR count). The van der Waals surface area contributed by atoms with Crippen LogP contribution in [-0.4, -0.2) is 65.6 Å². The van der Waals surface area contributed by atoms with Crippen LogP contribution >= 0.6 is 0 Å². The van der Waals surface area contributed by atoms with Crippen LogP contribution in [0.5, 0.6) is 34.5 Å². The van der Waals surface area contributed by atoms with Gasteiger partial charge in [0, 0.05) is 5.56 Å². The van der Waals surface area contributed by atoms with E-state index in [-0.39, 0.29) is 23.6 Å². The molecular formula is C29H31N3O9. The predicted molar refractivity (Wildman–Crippen MR) is 150 cm³/mol. The fourth-order valence-electron chi connectivity index (χ4n) is 3.55.